The van der Waals surface area contributed by atoms with Crippen molar-refractivity contribution in [2.24, 2.45) is 5.92 Å². The highest BCUT2D eigenvalue weighted by Gasteiger charge is 2.35. The number of piperidine rings is 1. The highest BCUT2D eigenvalue weighted by molar-refractivity contribution is 5.47. The van der Waals surface area contributed by atoms with Crippen LogP contribution in [-0.4, -0.2) is 49.9 Å². The summed E-state index contributed by atoms with van der Waals surface area (Å²) in [6.45, 7) is 5.89. The van der Waals surface area contributed by atoms with Gasteiger partial charge in [0.15, 0.2) is 0 Å². The molecule has 1 saturated heterocycles. The van der Waals surface area contributed by atoms with Crippen molar-refractivity contribution in [3.05, 3.63) is 58.7 Å². The van der Waals surface area contributed by atoms with E-state index in [0.29, 0.717) is 11.7 Å². The number of hydrogen-bond donors (Lipinski definition) is 2. The van der Waals surface area contributed by atoms with Crippen LogP contribution >= 0.6 is 0 Å². The van der Waals surface area contributed by atoms with Crippen molar-refractivity contribution in [1.82, 2.24) is 10.2 Å². The number of nitrogens with one attached hydrogen (secondary N) is 1. The lowest BCUT2D eigenvalue weighted by Gasteiger charge is -2.40. The summed E-state index contributed by atoms with van der Waals surface area (Å²) in [7, 11) is 3.66. The molecule has 4 rings (SSSR count). The molecule has 0 aromatic heterocycles. The Balaban J connectivity index is 1.39. The van der Waals surface area contributed by atoms with Crippen LogP contribution in [0.3, 0.4) is 0 Å². The Labute approximate surface area is 180 Å². The minimum atomic E-state index is 0.00702. The molecule has 162 valence electrons. The summed E-state index contributed by atoms with van der Waals surface area (Å²) in [5, 5.41) is 14.0. The van der Waals surface area contributed by atoms with Gasteiger partial charge in [0, 0.05) is 25.1 Å². The Morgan fingerprint density at radius 3 is 2.53 bits per heavy atom. The first-order chi connectivity index (χ1) is 14.6. The van der Waals surface area contributed by atoms with Crippen LogP contribution in [-0.2, 0) is 17.7 Å². The number of likely N-dealkylation sites (N-methyl/N-ethyl adjacent to an activating group) is 1. The normalized spacial score (nSPS) is 22.6. The number of aromatic hydroxyl groups is 1. The molecule has 5 nitrogen and oxygen atoms in total. The van der Waals surface area contributed by atoms with Crippen molar-refractivity contribution >= 4 is 0 Å². The number of fused-ring (bicyclic) bond motifs is 1. The predicted molar refractivity (Wildman–Crippen MR) is 119 cm³/mol. The van der Waals surface area contributed by atoms with Crippen molar-refractivity contribution in [2.45, 2.75) is 44.9 Å². The molecule has 0 aliphatic carbocycles. The number of ether oxygens (including phenoxy) is 2. The van der Waals surface area contributed by atoms with E-state index in [2.05, 4.69) is 28.4 Å². The molecule has 0 bridgehead atoms. The molecule has 0 spiro atoms. The minimum absolute atomic E-state index is 0.00702. The quantitative estimate of drug-likeness (QED) is 0.758. The van der Waals surface area contributed by atoms with Gasteiger partial charge in [-0.2, -0.15) is 0 Å². The third-order valence-electron chi connectivity index (χ3n) is 6.72. The van der Waals surface area contributed by atoms with Gasteiger partial charge in [0.1, 0.15) is 11.5 Å². The summed E-state index contributed by atoms with van der Waals surface area (Å²) >= 11 is 0. The lowest BCUT2D eigenvalue weighted by atomic mass is 9.83. The fourth-order valence-electron chi connectivity index (χ4n) is 4.91. The molecule has 5 heteroatoms. The summed E-state index contributed by atoms with van der Waals surface area (Å²) in [4.78, 5) is 2.53. The number of nitrogens with zero attached hydrogens (tertiary/aromatic N) is 1. The van der Waals surface area contributed by atoms with E-state index in [1.165, 1.54) is 5.56 Å². The summed E-state index contributed by atoms with van der Waals surface area (Å²) in [6.07, 6.45) is 3.26. The van der Waals surface area contributed by atoms with Crippen molar-refractivity contribution in [1.29, 1.82) is 0 Å². The Hall–Kier alpha value is -2.08. The van der Waals surface area contributed by atoms with Crippen LogP contribution in [0.25, 0.3) is 0 Å². The van der Waals surface area contributed by atoms with Crippen molar-refractivity contribution in [3.63, 3.8) is 0 Å². The van der Waals surface area contributed by atoms with Gasteiger partial charge in [-0.15, -0.1) is 0 Å². The van der Waals surface area contributed by atoms with E-state index < -0.39 is 0 Å². The van der Waals surface area contributed by atoms with E-state index in [1.54, 1.807) is 7.11 Å². The van der Waals surface area contributed by atoms with Gasteiger partial charge in [-0.3, -0.25) is 4.90 Å². The molecule has 2 aromatic carbocycles. The maximum Gasteiger partial charge on any atom is 0.122 e. The van der Waals surface area contributed by atoms with Gasteiger partial charge < -0.3 is 19.9 Å². The van der Waals surface area contributed by atoms with Gasteiger partial charge in [0.25, 0.3) is 0 Å². The second-order valence-electron chi connectivity index (χ2n) is 8.69. The monoisotopic (exact) mass is 410 g/mol. The van der Waals surface area contributed by atoms with Gasteiger partial charge in [0.05, 0.1) is 19.3 Å². The van der Waals surface area contributed by atoms with Gasteiger partial charge in [-0.25, -0.2) is 0 Å². The van der Waals surface area contributed by atoms with Crippen LogP contribution in [0, 0.1) is 12.8 Å². The van der Waals surface area contributed by atoms with Gasteiger partial charge in [0.2, 0.25) is 0 Å². The van der Waals surface area contributed by atoms with E-state index in [9.17, 15) is 5.11 Å². The molecule has 2 heterocycles. The molecule has 0 amide bonds. The molecule has 0 radical (unpaired) electrons. The number of likely N-dealkylation sites (tertiary alicyclic amines) is 1. The number of methoxy groups -OCH3 is 1. The topological polar surface area (TPSA) is 54.0 Å². The SMILES string of the molecule is CNC[C@@H]1O[C@H](C2CCN(Cc3ccc(OC)cc3)CC2)Cc2c1ccc(C)c2O. The fraction of sp³-hybridized carbons (Fsp3) is 0.520. The Morgan fingerprint density at radius 2 is 1.87 bits per heavy atom. The molecule has 2 N–H and O–H groups in total. The number of hydrogen-bond acceptors (Lipinski definition) is 5. The van der Waals surface area contributed by atoms with E-state index in [-0.39, 0.29) is 12.2 Å². The highest BCUT2D eigenvalue weighted by atomic mass is 16.5. The largest absolute Gasteiger partial charge is 0.507 e. The van der Waals surface area contributed by atoms with Crippen molar-refractivity contribution in [2.75, 3.05) is 33.8 Å². The van der Waals surface area contributed by atoms with E-state index in [1.807, 2.05) is 32.2 Å². The molecule has 2 atom stereocenters. The van der Waals surface area contributed by atoms with Crippen LogP contribution in [0.1, 0.15) is 41.2 Å². The summed E-state index contributed by atoms with van der Waals surface area (Å²) in [5.74, 6) is 1.89. The molecule has 30 heavy (non-hydrogen) atoms. The van der Waals surface area contributed by atoms with Crippen LogP contribution < -0.4 is 10.1 Å². The van der Waals surface area contributed by atoms with Crippen molar-refractivity contribution in [3.8, 4) is 11.5 Å². The third kappa shape index (κ3) is 4.48. The zero-order valence-electron chi connectivity index (χ0n) is 18.4. The molecule has 0 saturated carbocycles. The Kier molecular flexibility index (Phi) is 6.61. The highest BCUT2D eigenvalue weighted by Crippen LogP contribution is 2.40. The van der Waals surface area contributed by atoms with Crippen LogP contribution in [0.5, 0.6) is 11.5 Å². The molecular weight excluding hydrogens is 376 g/mol. The second kappa shape index (κ2) is 9.38. The first-order valence-corrected chi connectivity index (χ1v) is 11.1. The first kappa shape index (κ1) is 21.2. The van der Waals surface area contributed by atoms with Crippen LogP contribution in [0.4, 0.5) is 0 Å². The van der Waals surface area contributed by atoms with E-state index in [4.69, 9.17) is 9.47 Å². The second-order valence-corrected chi connectivity index (χ2v) is 8.69. The Morgan fingerprint density at radius 1 is 1.13 bits per heavy atom. The van der Waals surface area contributed by atoms with Gasteiger partial charge >= 0.3 is 0 Å². The summed E-state index contributed by atoms with van der Waals surface area (Å²) in [5.41, 5.74) is 4.51. The smallest absolute Gasteiger partial charge is 0.122 e. The molecule has 2 aliphatic rings. The maximum atomic E-state index is 10.7. The molecule has 1 fully saturated rings. The standard InChI is InChI=1S/C25H34N2O3/c1-17-4-9-21-22(25(17)28)14-23(30-24(21)15-26-2)19-10-12-27(13-11-19)16-18-5-7-20(29-3)8-6-18/h4-9,19,23-24,26,28H,10-16H2,1-3H3/t23-,24-/m0/s1. The summed E-state index contributed by atoms with van der Waals surface area (Å²) < 4.78 is 11.8. The van der Waals surface area contributed by atoms with Gasteiger partial charge in [-0.1, -0.05) is 24.3 Å². The molecular formula is C25H34N2O3. The zero-order valence-corrected chi connectivity index (χ0v) is 18.4. The lowest BCUT2D eigenvalue weighted by Crippen LogP contribution is -2.42. The number of rotatable bonds is 6. The van der Waals surface area contributed by atoms with E-state index >= 15 is 0 Å². The van der Waals surface area contributed by atoms with Crippen LogP contribution in [0.15, 0.2) is 36.4 Å². The summed E-state index contributed by atoms with van der Waals surface area (Å²) in [6, 6.07) is 12.5. The minimum Gasteiger partial charge on any atom is -0.507 e. The molecule has 2 aromatic rings. The average molecular weight is 411 g/mol. The zero-order chi connectivity index (χ0) is 21.1. The Bertz CT molecular complexity index is 844. The van der Waals surface area contributed by atoms with E-state index in [0.717, 1.165) is 67.9 Å². The number of phenols is 1. The molecule has 0 unspecified atom stereocenters. The number of benzene rings is 2. The predicted octanol–water partition coefficient (Wildman–Crippen LogP) is 3.82. The van der Waals surface area contributed by atoms with Gasteiger partial charge in [-0.05, 0) is 74.6 Å². The average Bonchev–Trinajstić information content (AvgIpc) is 2.77. The number of phenolic OH excluding ortho intramolecular Hbond substituents is 1. The van der Waals surface area contributed by atoms with Crippen molar-refractivity contribution < 1.29 is 14.6 Å². The third-order valence-corrected chi connectivity index (χ3v) is 6.72. The number of aryl methyl sites for hydroxylation is 1. The lowest BCUT2D eigenvalue weighted by molar-refractivity contribution is -0.0674. The fourth-order valence-corrected chi connectivity index (χ4v) is 4.91. The van der Waals surface area contributed by atoms with Crippen LogP contribution in [0.2, 0.25) is 0 Å². The maximum absolute atomic E-state index is 10.7. The molecule has 2 aliphatic heterocycles. The first-order valence-electron chi connectivity index (χ1n) is 11.1.